The van der Waals surface area contributed by atoms with Gasteiger partial charge in [0, 0.05) is 13.1 Å². The fraction of sp³-hybridized carbons (Fsp3) is 1.00. The molecule has 9 nitrogen and oxygen atoms in total. The first-order valence-corrected chi connectivity index (χ1v) is 11.4. The Hall–Kier alpha value is -0.0700. The minimum absolute atomic E-state index is 0. The maximum Gasteiger partial charge on any atom is 0.300 e. The molecule has 188 valence electrons. The molecule has 8 N–H and O–H groups in total. The van der Waals surface area contributed by atoms with Crippen LogP contribution in [-0.4, -0.2) is 76.9 Å². The van der Waals surface area contributed by atoms with Gasteiger partial charge in [-0.15, -0.1) is 12.4 Å². The first kappa shape index (κ1) is 30.9. The molecule has 1 saturated heterocycles. The average Bonchev–Trinajstić information content (AvgIpc) is 2.66. The van der Waals surface area contributed by atoms with Crippen LogP contribution in [-0.2, 0) is 0 Å². The second-order valence-corrected chi connectivity index (χ2v) is 9.13. The third-order valence-corrected chi connectivity index (χ3v) is 6.84. The van der Waals surface area contributed by atoms with Gasteiger partial charge in [0.05, 0.1) is 0 Å². The second-order valence-electron chi connectivity index (χ2n) is 9.13. The smallest absolute Gasteiger partial charge is 0.300 e. The minimum Gasteiger partial charge on any atom is -0.351 e. The molecule has 1 fully saturated rings. The average molecular weight is 472 g/mol. The van der Waals surface area contributed by atoms with Gasteiger partial charge >= 0.3 is 6.03 Å². The van der Waals surface area contributed by atoms with Crippen molar-refractivity contribution in [3.8, 4) is 0 Å². The first-order chi connectivity index (χ1) is 13.7. The van der Waals surface area contributed by atoms with Gasteiger partial charge in [0.15, 0.2) is 5.54 Å². The standard InChI is InChI=1S/C21H45N3O6.ClH/c1-6-10-12-16(8-3)14-23-19(25,26)18(5,22)20(27,28)24(21(23,29)30)15-17(9-4)13-11-7-2;/h16-17,25-30H,6-15,22H2,1-5H3;1H. The fourth-order valence-electron chi connectivity index (χ4n) is 4.20. The Balaban J connectivity index is 0.00000900. The molecule has 0 amide bonds. The summed E-state index contributed by atoms with van der Waals surface area (Å²) in [5, 5.41) is 65.5. The van der Waals surface area contributed by atoms with Crippen LogP contribution in [0, 0.1) is 11.8 Å². The predicted molar refractivity (Wildman–Crippen MR) is 121 cm³/mol. The molecule has 0 aromatic heterocycles. The Labute approximate surface area is 193 Å². The molecule has 31 heavy (non-hydrogen) atoms. The lowest BCUT2D eigenvalue weighted by Crippen LogP contribution is -2.92. The van der Waals surface area contributed by atoms with Crippen molar-refractivity contribution in [1.29, 1.82) is 0 Å². The zero-order valence-corrected chi connectivity index (χ0v) is 20.6. The highest BCUT2D eigenvalue weighted by molar-refractivity contribution is 5.85. The lowest BCUT2D eigenvalue weighted by molar-refractivity contribution is -0.549. The van der Waals surface area contributed by atoms with Crippen molar-refractivity contribution in [2.75, 3.05) is 13.1 Å². The molecule has 2 unspecified atom stereocenters. The lowest BCUT2D eigenvalue weighted by atomic mass is 9.85. The molecule has 1 aliphatic rings. The maximum absolute atomic E-state index is 11.0. The molecule has 0 aliphatic carbocycles. The highest BCUT2D eigenvalue weighted by atomic mass is 35.5. The van der Waals surface area contributed by atoms with Gasteiger partial charge < -0.3 is 36.4 Å². The second kappa shape index (κ2) is 11.9. The van der Waals surface area contributed by atoms with E-state index in [1.165, 1.54) is 0 Å². The van der Waals surface area contributed by atoms with E-state index in [-0.39, 0.29) is 37.3 Å². The van der Waals surface area contributed by atoms with Crippen molar-refractivity contribution < 1.29 is 30.6 Å². The number of nitrogens with two attached hydrogens (primary N) is 1. The van der Waals surface area contributed by atoms with E-state index in [0.717, 1.165) is 45.4 Å². The highest BCUT2D eigenvalue weighted by Crippen LogP contribution is 2.45. The van der Waals surface area contributed by atoms with Gasteiger partial charge in [0.25, 0.3) is 11.8 Å². The monoisotopic (exact) mass is 471 g/mol. The molecule has 0 bridgehead atoms. The van der Waals surface area contributed by atoms with E-state index in [0.29, 0.717) is 22.6 Å². The number of nitrogens with zero attached hydrogens (tertiary/aromatic N) is 2. The summed E-state index contributed by atoms with van der Waals surface area (Å²) in [6, 6.07) is -3.02. The molecule has 10 heteroatoms. The normalized spacial score (nSPS) is 27.5. The molecular formula is C21H46ClN3O6. The molecule has 0 saturated carbocycles. The van der Waals surface area contributed by atoms with E-state index in [2.05, 4.69) is 0 Å². The fourth-order valence-corrected chi connectivity index (χ4v) is 4.20. The van der Waals surface area contributed by atoms with Crippen molar-refractivity contribution >= 4 is 12.4 Å². The number of halogens is 1. The van der Waals surface area contributed by atoms with Crippen LogP contribution in [0.15, 0.2) is 0 Å². The van der Waals surface area contributed by atoms with Crippen molar-refractivity contribution in [1.82, 2.24) is 9.80 Å². The summed E-state index contributed by atoms with van der Waals surface area (Å²) >= 11 is 0. The Morgan fingerprint density at radius 1 is 0.710 bits per heavy atom. The first-order valence-electron chi connectivity index (χ1n) is 11.4. The van der Waals surface area contributed by atoms with Gasteiger partial charge in [-0.3, -0.25) is 0 Å². The minimum atomic E-state index is -3.08. The molecule has 0 radical (unpaired) electrons. The molecule has 0 spiro atoms. The number of hydrogen-bond acceptors (Lipinski definition) is 9. The van der Waals surface area contributed by atoms with E-state index < -0.39 is 23.4 Å². The van der Waals surface area contributed by atoms with E-state index in [1.54, 1.807) is 0 Å². The topological polar surface area (TPSA) is 154 Å². The van der Waals surface area contributed by atoms with Crippen LogP contribution in [0.4, 0.5) is 0 Å². The largest absolute Gasteiger partial charge is 0.351 e. The summed E-state index contributed by atoms with van der Waals surface area (Å²) in [6.45, 7) is 8.90. The van der Waals surface area contributed by atoms with Crippen molar-refractivity contribution in [2.45, 2.75) is 109 Å². The summed E-state index contributed by atoms with van der Waals surface area (Å²) in [4.78, 5) is 1.36. The molecule has 0 aromatic carbocycles. The number of rotatable bonds is 12. The van der Waals surface area contributed by atoms with Gasteiger partial charge in [-0.05, 0) is 31.6 Å². The van der Waals surface area contributed by atoms with E-state index in [9.17, 15) is 30.6 Å². The summed E-state index contributed by atoms with van der Waals surface area (Å²) in [5.41, 5.74) is 3.65. The molecule has 1 heterocycles. The summed E-state index contributed by atoms with van der Waals surface area (Å²) < 4.78 is 0. The zero-order valence-electron chi connectivity index (χ0n) is 19.8. The van der Waals surface area contributed by atoms with Gasteiger partial charge in [-0.2, -0.15) is 9.80 Å². The van der Waals surface area contributed by atoms with Crippen LogP contribution >= 0.6 is 12.4 Å². The Morgan fingerprint density at radius 2 is 1.03 bits per heavy atom. The third kappa shape index (κ3) is 6.09. The summed E-state index contributed by atoms with van der Waals surface area (Å²) in [7, 11) is 0. The zero-order chi connectivity index (χ0) is 23.4. The number of aliphatic hydroxyl groups is 6. The van der Waals surface area contributed by atoms with Crippen molar-refractivity contribution in [3.63, 3.8) is 0 Å². The van der Waals surface area contributed by atoms with Gasteiger partial charge in [0.1, 0.15) is 0 Å². The molecule has 1 aliphatic heterocycles. The van der Waals surface area contributed by atoms with E-state index >= 15 is 0 Å². The van der Waals surface area contributed by atoms with Gasteiger partial charge in [-0.1, -0.05) is 66.2 Å². The highest BCUT2D eigenvalue weighted by Gasteiger charge is 2.74. The maximum atomic E-state index is 11.0. The van der Waals surface area contributed by atoms with Gasteiger partial charge in [-0.25, -0.2) is 0 Å². The quantitative estimate of drug-likeness (QED) is 0.207. The Morgan fingerprint density at radius 3 is 1.29 bits per heavy atom. The molecule has 1 rings (SSSR count). The summed E-state index contributed by atoms with van der Waals surface area (Å²) in [5.74, 6) is -6.29. The van der Waals surface area contributed by atoms with Crippen LogP contribution in [0.25, 0.3) is 0 Å². The Bertz CT molecular complexity index is 491. The SMILES string of the molecule is CCCCC(CC)CN1C(O)(O)N(CC(CC)CCCC)C(O)(O)C(C)(N)C1(O)O.Cl. The Kier molecular flexibility index (Phi) is 11.8. The number of hydrogen-bond donors (Lipinski definition) is 7. The lowest BCUT2D eigenvalue weighted by Gasteiger charge is -2.63. The number of unbranched alkanes of at least 4 members (excludes halogenated alkanes) is 2. The van der Waals surface area contributed by atoms with Crippen molar-refractivity contribution in [3.05, 3.63) is 0 Å². The molecular weight excluding hydrogens is 426 g/mol. The summed E-state index contributed by atoms with van der Waals surface area (Å²) in [6.07, 6.45) is 6.60. The third-order valence-electron chi connectivity index (χ3n) is 6.84. The predicted octanol–water partition coefficient (Wildman–Crippen LogP) is 1.05. The molecule has 0 aromatic rings. The van der Waals surface area contributed by atoms with Crippen molar-refractivity contribution in [2.24, 2.45) is 17.6 Å². The molecule has 2 atom stereocenters. The van der Waals surface area contributed by atoms with Gasteiger partial charge in [0.2, 0.25) is 0 Å². The van der Waals surface area contributed by atoms with Crippen LogP contribution in [0.5, 0.6) is 0 Å². The van der Waals surface area contributed by atoms with Crippen LogP contribution < -0.4 is 5.73 Å². The van der Waals surface area contributed by atoms with E-state index in [1.807, 2.05) is 27.7 Å². The van der Waals surface area contributed by atoms with Crippen LogP contribution in [0.1, 0.15) is 86.0 Å². The van der Waals surface area contributed by atoms with E-state index in [4.69, 9.17) is 5.73 Å². The van der Waals surface area contributed by atoms with Crippen LogP contribution in [0.3, 0.4) is 0 Å². The van der Waals surface area contributed by atoms with Crippen LogP contribution in [0.2, 0.25) is 0 Å².